The van der Waals surface area contributed by atoms with E-state index in [-0.39, 0.29) is 0 Å². The Morgan fingerprint density at radius 3 is 1.87 bits per heavy atom. The highest BCUT2D eigenvalue weighted by Crippen LogP contribution is 2.31. The van der Waals surface area contributed by atoms with Gasteiger partial charge in [0.2, 0.25) is 0 Å². The van der Waals surface area contributed by atoms with Gasteiger partial charge in [0.05, 0.1) is 22.1 Å². The zero-order valence-corrected chi connectivity index (χ0v) is 30.6. The van der Waals surface area contributed by atoms with Crippen LogP contribution in [-0.4, -0.2) is 81.7 Å². The summed E-state index contributed by atoms with van der Waals surface area (Å²) in [6.07, 6.45) is 14.4. The van der Waals surface area contributed by atoms with Gasteiger partial charge in [-0.05, 0) is 105 Å². The number of nitrogens with one attached hydrogen (secondary N) is 1. The molecule has 2 saturated carbocycles. The van der Waals surface area contributed by atoms with E-state index in [1.165, 1.54) is 83.2 Å². The van der Waals surface area contributed by atoms with E-state index < -0.39 is 0 Å². The molecule has 2 aliphatic carbocycles. The van der Waals surface area contributed by atoms with Gasteiger partial charge in [-0.3, -0.25) is 9.80 Å². The third-order valence-electron chi connectivity index (χ3n) is 12.5. The lowest BCUT2D eigenvalue weighted by atomic mass is 9.91. The zero-order valence-electron chi connectivity index (χ0n) is 30.6. The Bertz CT molecular complexity index is 2380. The van der Waals surface area contributed by atoms with Crippen LogP contribution < -0.4 is 0 Å². The van der Waals surface area contributed by atoms with Gasteiger partial charge in [0, 0.05) is 93.5 Å². The van der Waals surface area contributed by atoms with E-state index in [0.717, 1.165) is 92.4 Å². The van der Waals surface area contributed by atoms with Crippen molar-refractivity contribution < 1.29 is 0 Å². The number of aromatic amines is 1. The molecule has 3 aromatic carbocycles. The highest BCUT2D eigenvalue weighted by molar-refractivity contribution is 5.88. The van der Waals surface area contributed by atoms with Crippen molar-refractivity contribution in [1.82, 2.24) is 43.4 Å². The Hall–Kier alpha value is -4.73. The molecule has 0 bridgehead atoms. The number of fused-ring (bicyclic) bond motifs is 7. The lowest BCUT2D eigenvalue weighted by Gasteiger charge is -2.36. The molecule has 1 N–H and O–H groups in total. The number of hydrogen-bond donors (Lipinski definition) is 1. The maximum absolute atomic E-state index is 5.02. The number of aryl methyl sites for hydroxylation is 2. The molecule has 0 amide bonds. The van der Waals surface area contributed by atoms with E-state index in [0.29, 0.717) is 0 Å². The van der Waals surface area contributed by atoms with Gasteiger partial charge >= 0.3 is 0 Å². The normalized spacial score (nSPS) is 18.7. The van der Waals surface area contributed by atoms with Crippen molar-refractivity contribution in [3.63, 3.8) is 0 Å². The Morgan fingerprint density at radius 2 is 1.25 bits per heavy atom. The third-order valence-corrected chi connectivity index (χ3v) is 12.5. The molecule has 9 nitrogen and oxygen atoms in total. The van der Waals surface area contributed by atoms with Crippen molar-refractivity contribution in [3.05, 3.63) is 96.2 Å². The summed E-state index contributed by atoms with van der Waals surface area (Å²) < 4.78 is 7.08. The number of nitrogens with zero attached hydrogens (tertiary/aromatic N) is 8. The Kier molecular flexibility index (Phi) is 8.02. The highest BCUT2D eigenvalue weighted by atomic mass is 15.2. The summed E-state index contributed by atoms with van der Waals surface area (Å²) in [4.78, 5) is 23.1. The average Bonchev–Trinajstić information content (AvgIpc) is 3.83. The molecule has 6 heterocycles. The predicted octanol–water partition coefficient (Wildman–Crippen LogP) is 7.84. The van der Waals surface area contributed by atoms with Crippen LogP contribution in [-0.2, 0) is 25.9 Å². The molecule has 0 spiro atoms. The van der Waals surface area contributed by atoms with Crippen molar-refractivity contribution >= 4 is 33.0 Å². The smallest absolute Gasteiger partial charge is 0.111 e. The topological polar surface area (TPSA) is 75.7 Å². The van der Waals surface area contributed by atoms with Crippen LogP contribution in [0.5, 0.6) is 0 Å². The van der Waals surface area contributed by atoms with Crippen LogP contribution >= 0.6 is 0 Å². The van der Waals surface area contributed by atoms with Crippen molar-refractivity contribution in [3.8, 4) is 16.8 Å². The van der Waals surface area contributed by atoms with Gasteiger partial charge in [-0.2, -0.15) is 0 Å². The Labute approximate surface area is 305 Å². The lowest BCUT2D eigenvalue weighted by Crippen LogP contribution is -2.41. The first-order chi connectivity index (χ1) is 25.6. The number of imidazole rings is 3. The van der Waals surface area contributed by atoms with E-state index in [2.05, 4.69) is 108 Å². The number of aromatic nitrogens is 7. The monoisotopic (exact) mass is 691 g/mol. The molecule has 11 rings (SSSR count). The maximum Gasteiger partial charge on any atom is 0.111 e. The van der Waals surface area contributed by atoms with Crippen molar-refractivity contribution in [2.24, 2.45) is 0 Å². The molecule has 2 aliphatic heterocycles. The Balaban J connectivity index is 0.000000131. The van der Waals surface area contributed by atoms with Crippen LogP contribution in [0.2, 0.25) is 0 Å². The van der Waals surface area contributed by atoms with Crippen molar-refractivity contribution in [2.75, 3.05) is 26.2 Å². The first-order valence-electron chi connectivity index (χ1n) is 19.6. The molecule has 0 unspecified atom stereocenters. The molecular formula is C43H49N9. The second-order valence-corrected chi connectivity index (χ2v) is 15.5. The van der Waals surface area contributed by atoms with Crippen molar-refractivity contribution in [1.29, 1.82) is 0 Å². The van der Waals surface area contributed by atoms with Crippen LogP contribution in [0.3, 0.4) is 0 Å². The summed E-state index contributed by atoms with van der Waals surface area (Å²) in [5.41, 5.74) is 10.8. The number of benzene rings is 3. The number of rotatable bonds is 4. The first kappa shape index (κ1) is 32.0. The van der Waals surface area contributed by atoms with E-state index in [1.54, 1.807) is 0 Å². The highest BCUT2D eigenvalue weighted by Gasteiger charge is 2.28. The van der Waals surface area contributed by atoms with Crippen LogP contribution in [0, 0.1) is 13.8 Å². The molecule has 9 heteroatoms. The molecule has 4 aliphatic rings. The fourth-order valence-corrected chi connectivity index (χ4v) is 9.13. The fraction of sp³-hybridized carbons (Fsp3) is 0.419. The van der Waals surface area contributed by atoms with Gasteiger partial charge in [-0.25, -0.2) is 15.0 Å². The third kappa shape index (κ3) is 5.65. The molecule has 0 saturated heterocycles. The molecule has 4 aromatic heterocycles. The Morgan fingerprint density at radius 1 is 0.635 bits per heavy atom. The largest absolute Gasteiger partial charge is 0.361 e. The van der Waals surface area contributed by atoms with Gasteiger partial charge in [0.25, 0.3) is 0 Å². The first-order valence-corrected chi connectivity index (χ1v) is 19.6. The molecule has 7 aromatic rings. The average molecular weight is 692 g/mol. The maximum atomic E-state index is 5.02. The van der Waals surface area contributed by atoms with Gasteiger partial charge in [0.15, 0.2) is 0 Å². The summed E-state index contributed by atoms with van der Waals surface area (Å²) in [5, 5.41) is 1.25. The molecule has 0 radical (unpaired) electrons. The SMILES string of the molecule is Cc1cnc(C)n1-c1ccc2c(c1)nc1n2CCN(C2CCC2)CC1.c1cc2cc(-c3ccc4c(c3)nc3n4CCN(C4CCC4)CC3)ccc2[nH]1. The van der Waals surface area contributed by atoms with Gasteiger partial charge in [-0.15, -0.1) is 0 Å². The van der Waals surface area contributed by atoms with Crippen LogP contribution in [0.4, 0.5) is 0 Å². The minimum absolute atomic E-state index is 0.828. The molecule has 52 heavy (non-hydrogen) atoms. The molecule has 0 atom stereocenters. The summed E-state index contributed by atoms with van der Waals surface area (Å²) in [6.45, 7) is 10.9. The molecule has 266 valence electrons. The summed E-state index contributed by atoms with van der Waals surface area (Å²) >= 11 is 0. The predicted molar refractivity (Wildman–Crippen MR) is 209 cm³/mol. The fourth-order valence-electron chi connectivity index (χ4n) is 9.13. The minimum atomic E-state index is 0.828. The number of H-pyrrole nitrogens is 1. The van der Waals surface area contributed by atoms with E-state index in [9.17, 15) is 0 Å². The van der Waals surface area contributed by atoms with Gasteiger partial charge in [0.1, 0.15) is 17.5 Å². The number of hydrogen-bond acceptors (Lipinski definition) is 5. The quantitative estimate of drug-likeness (QED) is 0.204. The van der Waals surface area contributed by atoms with E-state index in [4.69, 9.17) is 9.97 Å². The lowest BCUT2D eigenvalue weighted by molar-refractivity contribution is 0.130. The minimum Gasteiger partial charge on any atom is -0.361 e. The standard InChI is InChI=1S/C23H24N4.C20H25N5/c1-2-19(3-1)26-11-9-23-25-21-15-17(5-7-22(21)27(23)13-12-26)16-4-6-20-18(14-16)8-10-24-20;1-14-13-21-15(2)25(14)17-6-7-19-18(12-17)22-20-8-9-23(10-11-24(19)20)16-4-3-5-16/h4-8,10,14-15,19,24H,1-3,9,11-13H2;6-7,12-13,16H,3-5,8-11H2,1-2H3. The molecular weight excluding hydrogens is 643 g/mol. The van der Waals surface area contributed by atoms with Crippen LogP contribution in [0.1, 0.15) is 61.7 Å². The second kappa shape index (κ2) is 13.0. The summed E-state index contributed by atoms with van der Waals surface area (Å²) in [6, 6.07) is 23.8. The molecule has 2 fully saturated rings. The van der Waals surface area contributed by atoms with E-state index >= 15 is 0 Å². The van der Waals surface area contributed by atoms with E-state index in [1.807, 2.05) is 12.4 Å². The summed E-state index contributed by atoms with van der Waals surface area (Å²) in [5.74, 6) is 3.52. The second-order valence-electron chi connectivity index (χ2n) is 15.5. The van der Waals surface area contributed by atoms with Crippen molar-refractivity contribution in [2.45, 2.75) is 90.4 Å². The summed E-state index contributed by atoms with van der Waals surface area (Å²) in [7, 11) is 0. The zero-order chi connectivity index (χ0) is 34.8. The van der Waals surface area contributed by atoms with Gasteiger partial charge in [-0.1, -0.05) is 25.0 Å². The van der Waals surface area contributed by atoms with Gasteiger partial charge < -0.3 is 18.7 Å². The van der Waals surface area contributed by atoms with Crippen LogP contribution in [0.15, 0.2) is 73.1 Å². The van der Waals surface area contributed by atoms with Crippen LogP contribution in [0.25, 0.3) is 49.8 Å².